The van der Waals surface area contributed by atoms with E-state index >= 15 is 0 Å². The third-order valence-electron chi connectivity index (χ3n) is 6.71. The van der Waals surface area contributed by atoms with Crippen LogP contribution in [0.25, 0.3) is 0 Å². The topological polar surface area (TPSA) is 57.7 Å². The van der Waals surface area contributed by atoms with E-state index in [4.69, 9.17) is 0 Å². The van der Waals surface area contributed by atoms with E-state index in [1.165, 1.54) is 17.7 Å². The van der Waals surface area contributed by atoms with Crippen LogP contribution >= 0.6 is 0 Å². The molecule has 140 valence electrons. The molecule has 0 unspecified atom stereocenters. The Bertz CT molecular complexity index is 808. The van der Waals surface area contributed by atoms with E-state index in [-0.39, 0.29) is 41.4 Å². The van der Waals surface area contributed by atoms with Crippen LogP contribution in [-0.4, -0.2) is 35.7 Å². The lowest BCUT2D eigenvalue weighted by molar-refractivity contribution is -0.123. The third kappa shape index (κ3) is 2.55. The first-order valence-corrected chi connectivity index (χ1v) is 10.1. The van der Waals surface area contributed by atoms with Gasteiger partial charge in [0.25, 0.3) is 5.91 Å². The number of hydrogen-bond donors (Lipinski definition) is 0. The second-order valence-electron chi connectivity index (χ2n) is 8.27. The van der Waals surface area contributed by atoms with E-state index < -0.39 is 0 Å². The van der Waals surface area contributed by atoms with E-state index in [1.807, 2.05) is 4.90 Å². The second kappa shape index (κ2) is 6.32. The molecule has 27 heavy (non-hydrogen) atoms. The van der Waals surface area contributed by atoms with Crippen molar-refractivity contribution in [3.05, 3.63) is 42.0 Å². The minimum Gasteiger partial charge on any atom is -0.339 e. The van der Waals surface area contributed by atoms with Crippen LogP contribution in [0.15, 0.2) is 36.4 Å². The van der Waals surface area contributed by atoms with Crippen molar-refractivity contribution in [1.82, 2.24) is 4.90 Å². The second-order valence-corrected chi connectivity index (χ2v) is 8.27. The highest BCUT2D eigenvalue weighted by Crippen LogP contribution is 2.53. The number of carbonyl (C=O) groups excluding carboxylic acids is 3. The number of likely N-dealkylation sites (tertiary alicyclic amines) is 1. The summed E-state index contributed by atoms with van der Waals surface area (Å²) in [6.45, 7) is 1.56. The zero-order valence-corrected chi connectivity index (χ0v) is 15.3. The van der Waals surface area contributed by atoms with Gasteiger partial charge in [0, 0.05) is 18.7 Å². The first-order chi connectivity index (χ1) is 13.1. The van der Waals surface area contributed by atoms with Gasteiger partial charge < -0.3 is 4.90 Å². The Labute approximate surface area is 159 Å². The van der Waals surface area contributed by atoms with Gasteiger partial charge in [-0.3, -0.25) is 14.4 Å². The molecule has 5 heteroatoms. The van der Waals surface area contributed by atoms with E-state index in [9.17, 15) is 14.4 Å². The molecule has 5 nitrogen and oxygen atoms in total. The van der Waals surface area contributed by atoms with Gasteiger partial charge in [-0.25, -0.2) is 4.90 Å². The molecule has 3 fully saturated rings. The molecule has 4 atom stereocenters. The molecule has 2 aliphatic heterocycles. The normalized spacial score (nSPS) is 32.1. The van der Waals surface area contributed by atoms with Gasteiger partial charge in [0.2, 0.25) is 11.8 Å². The largest absolute Gasteiger partial charge is 0.339 e. The van der Waals surface area contributed by atoms with E-state index in [0.29, 0.717) is 11.3 Å². The molecule has 5 rings (SSSR count). The van der Waals surface area contributed by atoms with E-state index in [0.717, 1.165) is 32.4 Å². The molecule has 4 aliphatic rings. The van der Waals surface area contributed by atoms with Crippen molar-refractivity contribution in [2.75, 3.05) is 18.0 Å². The van der Waals surface area contributed by atoms with Gasteiger partial charge in [0.05, 0.1) is 17.5 Å². The Kier molecular flexibility index (Phi) is 3.92. The van der Waals surface area contributed by atoms with Gasteiger partial charge in [-0.1, -0.05) is 31.1 Å². The van der Waals surface area contributed by atoms with Crippen molar-refractivity contribution < 1.29 is 14.4 Å². The molecule has 0 aromatic heterocycles. The average Bonchev–Trinajstić information content (AvgIpc) is 3.28. The highest BCUT2D eigenvalue weighted by atomic mass is 16.2. The summed E-state index contributed by atoms with van der Waals surface area (Å²) in [6, 6.07) is 7.06. The number of rotatable bonds is 2. The standard InChI is InChI=1S/C22H24N2O3/c25-20(23-10-3-1-2-4-11-23)16-6-5-7-17(13-16)24-21(26)18-14-8-9-15(12-14)19(18)22(24)27/h5-9,13-15,18-19H,1-4,10-12H2/t14-,15+,18-,19-/m0/s1. The summed E-state index contributed by atoms with van der Waals surface area (Å²) in [4.78, 5) is 42.1. The van der Waals surface area contributed by atoms with Crippen molar-refractivity contribution in [2.24, 2.45) is 23.7 Å². The fourth-order valence-corrected chi connectivity index (χ4v) is 5.39. The number of anilines is 1. The quantitative estimate of drug-likeness (QED) is 0.599. The number of allylic oxidation sites excluding steroid dienone is 2. The van der Waals surface area contributed by atoms with Gasteiger partial charge in [-0.2, -0.15) is 0 Å². The molecule has 2 aliphatic carbocycles. The van der Waals surface area contributed by atoms with Gasteiger partial charge in [0.15, 0.2) is 0 Å². The molecule has 1 aromatic carbocycles. The molecule has 0 spiro atoms. The van der Waals surface area contributed by atoms with Gasteiger partial charge in [-0.15, -0.1) is 0 Å². The monoisotopic (exact) mass is 364 g/mol. The minimum atomic E-state index is -0.211. The summed E-state index contributed by atoms with van der Waals surface area (Å²) in [5.41, 5.74) is 1.10. The number of hydrogen-bond acceptors (Lipinski definition) is 3. The zero-order valence-electron chi connectivity index (χ0n) is 15.3. The van der Waals surface area contributed by atoms with Gasteiger partial charge >= 0.3 is 0 Å². The van der Waals surface area contributed by atoms with E-state index in [2.05, 4.69) is 12.2 Å². The summed E-state index contributed by atoms with van der Waals surface area (Å²) in [6.07, 6.45) is 9.52. The Morgan fingerprint density at radius 3 is 2.15 bits per heavy atom. The summed E-state index contributed by atoms with van der Waals surface area (Å²) in [5, 5.41) is 0. The first-order valence-electron chi connectivity index (χ1n) is 10.1. The highest BCUT2D eigenvalue weighted by molar-refractivity contribution is 6.23. The SMILES string of the molecule is O=C(c1cccc(N2C(=O)[C@@H]3[C@@H](C2=O)[C@H]2C=C[C@@H]3C2)c1)N1CCCCCC1. The molecule has 0 N–H and O–H groups in total. The summed E-state index contributed by atoms with van der Waals surface area (Å²) in [5.74, 6) is -0.219. The van der Waals surface area contributed by atoms with Crippen molar-refractivity contribution >= 4 is 23.4 Å². The molecule has 2 saturated heterocycles. The lowest BCUT2D eigenvalue weighted by Gasteiger charge is -2.22. The van der Waals surface area contributed by atoms with Gasteiger partial charge in [0.1, 0.15) is 0 Å². The number of amides is 3. The van der Waals surface area contributed by atoms with Crippen LogP contribution in [-0.2, 0) is 9.59 Å². The van der Waals surface area contributed by atoms with Crippen LogP contribution in [0.3, 0.4) is 0 Å². The van der Waals surface area contributed by atoms with Crippen LogP contribution in [0.1, 0.15) is 42.5 Å². The molecule has 1 saturated carbocycles. The van der Waals surface area contributed by atoms with Crippen LogP contribution in [0.5, 0.6) is 0 Å². The molecule has 2 heterocycles. The van der Waals surface area contributed by atoms with Crippen molar-refractivity contribution in [3.8, 4) is 0 Å². The number of fused-ring (bicyclic) bond motifs is 5. The van der Waals surface area contributed by atoms with Crippen LogP contribution in [0.2, 0.25) is 0 Å². The maximum absolute atomic E-state index is 13.0. The van der Waals surface area contributed by atoms with Crippen LogP contribution in [0, 0.1) is 23.7 Å². The lowest BCUT2D eigenvalue weighted by Crippen LogP contribution is -2.34. The maximum atomic E-state index is 13.0. The number of imide groups is 1. The summed E-state index contributed by atoms with van der Waals surface area (Å²) < 4.78 is 0. The smallest absolute Gasteiger partial charge is 0.253 e. The van der Waals surface area contributed by atoms with Crippen molar-refractivity contribution in [3.63, 3.8) is 0 Å². The molecular weight excluding hydrogens is 340 g/mol. The Balaban J connectivity index is 1.42. The third-order valence-corrected chi connectivity index (χ3v) is 6.71. The average molecular weight is 364 g/mol. The predicted molar refractivity (Wildman–Crippen MR) is 101 cm³/mol. The number of benzene rings is 1. The maximum Gasteiger partial charge on any atom is 0.253 e. The summed E-state index contributed by atoms with van der Waals surface area (Å²) >= 11 is 0. The molecule has 0 radical (unpaired) electrons. The lowest BCUT2D eigenvalue weighted by atomic mass is 9.85. The Morgan fingerprint density at radius 2 is 1.52 bits per heavy atom. The Hall–Kier alpha value is -2.43. The minimum absolute atomic E-state index is 0.000208. The first kappa shape index (κ1) is 16.7. The Morgan fingerprint density at radius 1 is 0.889 bits per heavy atom. The fourth-order valence-electron chi connectivity index (χ4n) is 5.39. The fraction of sp³-hybridized carbons (Fsp3) is 0.500. The van der Waals surface area contributed by atoms with Crippen LogP contribution in [0.4, 0.5) is 5.69 Å². The highest BCUT2D eigenvalue weighted by Gasteiger charge is 2.59. The predicted octanol–water partition coefficient (Wildman–Crippen LogP) is 3.01. The molecular formula is C22H24N2O3. The molecule has 3 amide bonds. The van der Waals surface area contributed by atoms with Crippen molar-refractivity contribution in [1.29, 1.82) is 0 Å². The molecule has 1 aromatic rings. The number of nitrogens with zero attached hydrogens (tertiary/aromatic N) is 2. The van der Waals surface area contributed by atoms with Gasteiger partial charge in [-0.05, 0) is 49.3 Å². The summed E-state index contributed by atoms with van der Waals surface area (Å²) in [7, 11) is 0. The molecule has 2 bridgehead atoms. The van der Waals surface area contributed by atoms with Crippen LogP contribution < -0.4 is 4.90 Å². The van der Waals surface area contributed by atoms with Crippen molar-refractivity contribution in [2.45, 2.75) is 32.1 Å². The number of carbonyl (C=O) groups is 3. The zero-order chi connectivity index (χ0) is 18.5. The van der Waals surface area contributed by atoms with E-state index in [1.54, 1.807) is 24.3 Å².